The van der Waals surface area contributed by atoms with Crippen LogP contribution in [0, 0.1) is 0 Å². The summed E-state index contributed by atoms with van der Waals surface area (Å²) in [7, 11) is 0. The fraction of sp³-hybridized carbons (Fsp3) is 0.125. The van der Waals surface area contributed by atoms with E-state index in [1.54, 1.807) is 0 Å². The zero-order valence-electron chi connectivity index (χ0n) is 13.3. The standard InChI is InChI=1S/2C8H4ClF3O2/c9-7(13)5-1-3-6(4-2-5)14-8(10,11)12;9-7(13)5-3-1-2-4-6(5)14-8(10,11)12/h2*1-4H. The van der Waals surface area contributed by atoms with E-state index in [0.717, 1.165) is 36.4 Å². The van der Waals surface area contributed by atoms with E-state index < -0.39 is 29.0 Å². The molecule has 0 radical (unpaired) electrons. The monoisotopic (exact) mass is 448 g/mol. The van der Waals surface area contributed by atoms with Gasteiger partial charge in [0.15, 0.2) is 0 Å². The van der Waals surface area contributed by atoms with E-state index in [0.29, 0.717) is 0 Å². The number of rotatable bonds is 4. The predicted molar refractivity (Wildman–Crippen MR) is 86.6 cm³/mol. The summed E-state index contributed by atoms with van der Waals surface area (Å²) >= 11 is 10.1. The van der Waals surface area contributed by atoms with Gasteiger partial charge in [-0.1, -0.05) is 12.1 Å². The second kappa shape index (κ2) is 9.65. The smallest absolute Gasteiger partial charge is 0.406 e. The molecule has 0 aliphatic rings. The average Bonchev–Trinajstić information content (AvgIpc) is 2.53. The van der Waals surface area contributed by atoms with Crippen molar-refractivity contribution in [3.63, 3.8) is 0 Å². The molecule has 0 aliphatic carbocycles. The Morgan fingerprint density at radius 3 is 1.64 bits per heavy atom. The van der Waals surface area contributed by atoms with Gasteiger partial charge >= 0.3 is 12.7 Å². The van der Waals surface area contributed by atoms with Gasteiger partial charge in [-0.25, -0.2) is 0 Å². The van der Waals surface area contributed by atoms with Crippen LogP contribution in [-0.4, -0.2) is 23.2 Å². The highest BCUT2D eigenvalue weighted by Gasteiger charge is 2.32. The molecular formula is C16H8Cl2F6O4. The Labute approximate surface area is 163 Å². The maximum Gasteiger partial charge on any atom is 0.573 e. The van der Waals surface area contributed by atoms with E-state index in [1.165, 1.54) is 12.1 Å². The van der Waals surface area contributed by atoms with Crippen LogP contribution in [0.15, 0.2) is 48.5 Å². The number of carbonyl (C=O) groups excluding carboxylic acids is 2. The van der Waals surface area contributed by atoms with Crippen molar-refractivity contribution in [2.75, 3.05) is 0 Å². The minimum Gasteiger partial charge on any atom is -0.406 e. The largest absolute Gasteiger partial charge is 0.573 e. The van der Waals surface area contributed by atoms with Crippen LogP contribution in [0.5, 0.6) is 11.5 Å². The Morgan fingerprint density at radius 1 is 0.714 bits per heavy atom. The third-order valence-corrected chi connectivity index (χ3v) is 3.06. The Hall–Kier alpha value is -2.46. The number of hydrogen-bond donors (Lipinski definition) is 0. The molecule has 0 spiro atoms. The fourth-order valence-corrected chi connectivity index (χ4v) is 1.91. The number of para-hydroxylation sites is 1. The van der Waals surface area contributed by atoms with Gasteiger partial charge in [-0.2, -0.15) is 0 Å². The molecule has 2 aromatic rings. The van der Waals surface area contributed by atoms with Crippen LogP contribution in [-0.2, 0) is 0 Å². The topological polar surface area (TPSA) is 52.6 Å². The van der Waals surface area contributed by atoms with Crippen LogP contribution in [0.1, 0.15) is 20.7 Å². The van der Waals surface area contributed by atoms with Gasteiger partial charge in [0.1, 0.15) is 11.5 Å². The van der Waals surface area contributed by atoms with Crippen molar-refractivity contribution in [2.45, 2.75) is 12.7 Å². The Kier molecular flexibility index (Phi) is 8.13. The minimum absolute atomic E-state index is 0.112. The summed E-state index contributed by atoms with van der Waals surface area (Å²) in [5.41, 5.74) is -0.201. The molecule has 2 aromatic carbocycles. The molecule has 28 heavy (non-hydrogen) atoms. The van der Waals surface area contributed by atoms with Crippen LogP contribution in [0.4, 0.5) is 26.3 Å². The second-order valence-corrected chi connectivity index (χ2v) is 5.35. The van der Waals surface area contributed by atoms with Crippen LogP contribution >= 0.6 is 23.2 Å². The van der Waals surface area contributed by atoms with Gasteiger partial charge in [0.2, 0.25) is 0 Å². The molecule has 0 saturated carbocycles. The molecule has 0 aliphatic heterocycles. The van der Waals surface area contributed by atoms with E-state index in [4.69, 9.17) is 23.2 Å². The molecule has 152 valence electrons. The molecular weight excluding hydrogens is 441 g/mol. The molecule has 4 nitrogen and oxygen atoms in total. The number of carbonyl (C=O) groups is 2. The average molecular weight is 449 g/mol. The lowest BCUT2D eigenvalue weighted by Gasteiger charge is -2.10. The van der Waals surface area contributed by atoms with Gasteiger partial charge in [0.05, 0.1) is 5.56 Å². The third kappa shape index (κ3) is 8.96. The molecule has 0 fully saturated rings. The van der Waals surface area contributed by atoms with E-state index in [2.05, 4.69) is 9.47 Å². The fourth-order valence-electron chi connectivity index (χ4n) is 1.63. The summed E-state index contributed by atoms with van der Waals surface area (Å²) in [4.78, 5) is 21.2. The lowest BCUT2D eigenvalue weighted by atomic mass is 10.2. The molecule has 0 aromatic heterocycles. The van der Waals surface area contributed by atoms with Gasteiger partial charge in [-0.15, -0.1) is 26.3 Å². The van der Waals surface area contributed by atoms with Crippen molar-refractivity contribution in [1.29, 1.82) is 0 Å². The number of hydrogen-bond acceptors (Lipinski definition) is 4. The van der Waals surface area contributed by atoms with E-state index >= 15 is 0 Å². The molecule has 12 heteroatoms. The lowest BCUT2D eigenvalue weighted by Crippen LogP contribution is -2.18. The quantitative estimate of drug-likeness (QED) is 0.429. The highest BCUT2D eigenvalue weighted by Crippen LogP contribution is 2.27. The lowest BCUT2D eigenvalue weighted by molar-refractivity contribution is -0.275. The summed E-state index contributed by atoms with van der Waals surface area (Å²) in [5.74, 6) is -0.987. The van der Waals surface area contributed by atoms with Crippen molar-refractivity contribution in [1.82, 2.24) is 0 Å². The number of halogens is 8. The second-order valence-electron chi connectivity index (χ2n) is 4.66. The van der Waals surface area contributed by atoms with Gasteiger partial charge in [-0.05, 0) is 59.6 Å². The first-order valence-electron chi connectivity index (χ1n) is 6.89. The molecule has 0 N–H and O–H groups in total. The Balaban J connectivity index is 0.000000280. The zero-order valence-corrected chi connectivity index (χ0v) is 14.8. The molecule has 0 unspecified atom stereocenters. The van der Waals surface area contributed by atoms with Gasteiger partial charge < -0.3 is 9.47 Å². The number of alkyl halides is 6. The summed E-state index contributed by atoms with van der Waals surface area (Å²) in [5, 5.41) is -1.73. The SMILES string of the molecule is O=C(Cl)c1ccc(OC(F)(F)F)cc1.O=C(Cl)c1ccccc1OC(F)(F)F. The van der Waals surface area contributed by atoms with Crippen molar-refractivity contribution < 1.29 is 45.4 Å². The van der Waals surface area contributed by atoms with E-state index in [-0.39, 0.29) is 16.9 Å². The van der Waals surface area contributed by atoms with Crippen molar-refractivity contribution in [3.8, 4) is 11.5 Å². The van der Waals surface area contributed by atoms with Crippen LogP contribution < -0.4 is 9.47 Å². The van der Waals surface area contributed by atoms with E-state index in [9.17, 15) is 35.9 Å². The highest BCUT2D eigenvalue weighted by molar-refractivity contribution is 6.68. The predicted octanol–water partition coefficient (Wildman–Crippen LogP) is 5.93. The van der Waals surface area contributed by atoms with Gasteiger partial charge in [0, 0.05) is 5.56 Å². The van der Waals surface area contributed by atoms with Crippen LogP contribution in [0.25, 0.3) is 0 Å². The maximum absolute atomic E-state index is 11.8. The zero-order chi connectivity index (χ0) is 21.5. The summed E-state index contributed by atoms with van der Waals surface area (Å²) < 4.78 is 77.7. The number of ether oxygens (including phenoxy) is 2. The van der Waals surface area contributed by atoms with Gasteiger partial charge in [0.25, 0.3) is 10.5 Å². The summed E-state index contributed by atoms with van der Waals surface area (Å²) in [6.45, 7) is 0. The highest BCUT2D eigenvalue weighted by atomic mass is 35.5. The first-order chi connectivity index (χ1) is 12.8. The minimum atomic E-state index is -4.83. The molecule has 0 bridgehead atoms. The molecule has 0 heterocycles. The third-order valence-electron chi connectivity index (χ3n) is 2.64. The first kappa shape index (κ1) is 23.6. The summed E-state index contributed by atoms with van der Waals surface area (Å²) in [6, 6.07) is 9.20. The normalized spacial score (nSPS) is 11.1. The molecule has 0 atom stereocenters. The van der Waals surface area contributed by atoms with Crippen molar-refractivity contribution in [2.24, 2.45) is 0 Å². The molecule has 0 amide bonds. The van der Waals surface area contributed by atoms with Gasteiger partial charge in [-0.3, -0.25) is 9.59 Å². The number of benzene rings is 2. The Bertz CT molecular complexity index is 819. The van der Waals surface area contributed by atoms with Crippen molar-refractivity contribution in [3.05, 3.63) is 59.7 Å². The summed E-state index contributed by atoms with van der Waals surface area (Å²) in [6.07, 6.45) is -9.56. The maximum atomic E-state index is 11.8. The Morgan fingerprint density at radius 2 is 1.21 bits per heavy atom. The van der Waals surface area contributed by atoms with Crippen molar-refractivity contribution >= 4 is 33.7 Å². The first-order valence-corrected chi connectivity index (χ1v) is 7.64. The van der Waals surface area contributed by atoms with Crippen LogP contribution in [0.3, 0.4) is 0 Å². The molecule has 0 saturated heterocycles. The van der Waals surface area contributed by atoms with E-state index in [1.807, 2.05) is 0 Å². The van der Waals surface area contributed by atoms with Crippen LogP contribution in [0.2, 0.25) is 0 Å². The molecule has 2 rings (SSSR count).